The van der Waals surface area contributed by atoms with Gasteiger partial charge in [0.15, 0.2) is 0 Å². The summed E-state index contributed by atoms with van der Waals surface area (Å²) in [5, 5.41) is 6.12. The molecule has 1 aromatic carbocycles. The average molecular weight is 284 g/mol. The molecule has 100 valence electrons. The average Bonchev–Trinajstić information content (AvgIpc) is 3.19. The van der Waals surface area contributed by atoms with Gasteiger partial charge in [-0.3, -0.25) is 0 Å². The molecule has 0 unspecified atom stereocenters. The molecule has 2 aromatic heterocycles. The Kier molecular flexibility index (Phi) is 2.77. The van der Waals surface area contributed by atoms with Crippen molar-refractivity contribution in [3.63, 3.8) is 0 Å². The van der Waals surface area contributed by atoms with Crippen LogP contribution in [-0.2, 0) is 12.8 Å². The van der Waals surface area contributed by atoms with Crippen LogP contribution in [0.5, 0.6) is 5.75 Å². The fourth-order valence-electron chi connectivity index (χ4n) is 2.33. The lowest BCUT2D eigenvalue weighted by molar-refractivity contribution is 0.357. The first kappa shape index (κ1) is 11.7. The van der Waals surface area contributed by atoms with Crippen molar-refractivity contribution in [2.45, 2.75) is 12.8 Å². The van der Waals surface area contributed by atoms with Gasteiger partial charge in [0, 0.05) is 16.9 Å². The second-order valence-electron chi connectivity index (χ2n) is 4.69. The van der Waals surface area contributed by atoms with Crippen LogP contribution in [0.3, 0.4) is 0 Å². The van der Waals surface area contributed by atoms with E-state index in [1.54, 1.807) is 11.3 Å². The molecule has 1 aliphatic heterocycles. The number of benzene rings is 1. The Morgan fingerprint density at radius 3 is 3.15 bits per heavy atom. The maximum atomic E-state index is 5.50. The van der Waals surface area contributed by atoms with Gasteiger partial charge in [-0.25, -0.2) is 0 Å². The van der Waals surface area contributed by atoms with Crippen molar-refractivity contribution in [1.29, 1.82) is 0 Å². The molecule has 1 aliphatic rings. The molecule has 0 spiro atoms. The zero-order valence-electron chi connectivity index (χ0n) is 10.7. The molecule has 0 fully saturated rings. The minimum Gasteiger partial charge on any atom is -0.493 e. The molecule has 4 rings (SSSR count). The lowest BCUT2D eigenvalue weighted by atomic mass is 10.1. The molecule has 0 saturated heterocycles. The molecule has 3 aromatic rings. The number of nitrogens with zero attached hydrogens (tertiary/aromatic N) is 2. The lowest BCUT2D eigenvalue weighted by Crippen LogP contribution is -1.86. The Balaban J connectivity index is 1.61. The first-order valence-corrected chi connectivity index (χ1v) is 7.37. The van der Waals surface area contributed by atoms with Crippen LogP contribution in [0, 0.1) is 0 Å². The van der Waals surface area contributed by atoms with Crippen LogP contribution in [0.25, 0.3) is 11.4 Å². The van der Waals surface area contributed by atoms with Gasteiger partial charge < -0.3 is 9.26 Å². The Morgan fingerprint density at radius 1 is 1.25 bits per heavy atom. The number of thiophene rings is 1. The Morgan fingerprint density at radius 2 is 2.25 bits per heavy atom. The van der Waals surface area contributed by atoms with E-state index < -0.39 is 0 Å². The van der Waals surface area contributed by atoms with E-state index >= 15 is 0 Å². The minimum atomic E-state index is 0.645. The van der Waals surface area contributed by atoms with Crippen LogP contribution in [0.2, 0.25) is 0 Å². The first-order valence-electron chi connectivity index (χ1n) is 6.49. The van der Waals surface area contributed by atoms with Gasteiger partial charge in [0.2, 0.25) is 11.7 Å². The number of hydrogen-bond donors (Lipinski definition) is 0. The molecule has 4 nitrogen and oxygen atoms in total. The highest BCUT2D eigenvalue weighted by Gasteiger charge is 2.15. The monoisotopic (exact) mass is 284 g/mol. The maximum Gasteiger partial charge on any atom is 0.232 e. The van der Waals surface area contributed by atoms with Gasteiger partial charge in [-0.2, -0.15) is 4.98 Å². The zero-order valence-corrected chi connectivity index (χ0v) is 11.5. The summed E-state index contributed by atoms with van der Waals surface area (Å²) in [7, 11) is 0. The van der Waals surface area contributed by atoms with Crippen molar-refractivity contribution < 1.29 is 9.26 Å². The minimum absolute atomic E-state index is 0.645. The molecule has 3 heterocycles. The molecule has 5 heteroatoms. The third-order valence-corrected chi connectivity index (χ3v) is 4.20. The summed E-state index contributed by atoms with van der Waals surface area (Å²) in [5.41, 5.74) is 2.20. The normalized spacial score (nSPS) is 13.2. The summed E-state index contributed by atoms with van der Waals surface area (Å²) < 4.78 is 10.8. The summed E-state index contributed by atoms with van der Waals surface area (Å²) in [6, 6.07) is 10.1. The van der Waals surface area contributed by atoms with Gasteiger partial charge >= 0.3 is 0 Å². The molecule has 0 atom stereocenters. The molecular weight excluding hydrogens is 272 g/mol. The number of rotatable bonds is 3. The number of hydrogen-bond acceptors (Lipinski definition) is 5. The van der Waals surface area contributed by atoms with E-state index in [0.29, 0.717) is 18.1 Å². The van der Waals surface area contributed by atoms with Crippen LogP contribution in [0.1, 0.15) is 16.3 Å². The van der Waals surface area contributed by atoms with Crippen molar-refractivity contribution >= 4 is 11.3 Å². The standard InChI is InChI=1S/C15H12N2O2S/c1-2-12(20-7-1)9-14-16-15(17-19-14)11-3-4-13-10(8-11)5-6-18-13/h1-4,7-8H,5-6,9H2. The Bertz CT molecular complexity index is 734. The lowest BCUT2D eigenvalue weighted by Gasteiger charge is -1.99. The smallest absolute Gasteiger partial charge is 0.232 e. The Labute approximate surface area is 120 Å². The highest BCUT2D eigenvalue weighted by atomic mass is 32.1. The van der Waals surface area contributed by atoms with E-state index in [0.717, 1.165) is 24.3 Å². The quantitative estimate of drug-likeness (QED) is 0.740. The fourth-order valence-corrected chi connectivity index (χ4v) is 3.03. The summed E-state index contributed by atoms with van der Waals surface area (Å²) in [6.45, 7) is 0.759. The van der Waals surface area contributed by atoms with E-state index in [2.05, 4.69) is 22.3 Å². The molecule has 0 radical (unpaired) electrons. The SMILES string of the molecule is c1csc(Cc2nc(-c3ccc4c(c3)CCO4)no2)c1. The largest absolute Gasteiger partial charge is 0.493 e. The van der Waals surface area contributed by atoms with Crippen molar-refractivity contribution in [1.82, 2.24) is 10.1 Å². The van der Waals surface area contributed by atoms with Crippen molar-refractivity contribution in [2.24, 2.45) is 0 Å². The second-order valence-corrected chi connectivity index (χ2v) is 5.72. The third-order valence-electron chi connectivity index (χ3n) is 3.32. The fraction of sp³-hybridized carbons (Fsp3) is 0.200. The molecular formula is C15H12N2O2S. The third kappa shape index (κ3) is 2.10. The van der Waals surface area contributed by atoms with E-state index in [-0.39, 0.29) is 0 Å². The van der Waals surface area contributed by atoms with Gasteiger partial charge in [-0.05, 0) is 35.2 Å². The molecule has 0 N–H and O–H groups in total. The van der Waals surface area contributed by atoms with Crippen LogP contribution < -0.4 is 4.74 Å². The van der Waals surface area contributed by atoms with Gasteiger partial charge in [-0.15, -0.1) is 11.3 Å². The van der Waals surface area contributed by atoms with E-state index in [9.17, 15) is 0 Å². The van der Waals surface area contributed by atoms with E-state index in [4.69, 9.17) is 9.26 Å². The summed E-state index contributed by atoms with van der Waals surface area (Å²) >= 11 is 1.69. The van der Waals surface area contributed by atoms with Gasteiger partial charge in [0.1, 0.15) is 5.75 Å². The van der Waals surface area contributed by atoms with Crippen molar-refractivity contribution in [2.75, 3.05) is 6.61 Å². The molecule has 0 saturated carbocycles. The van der Waals surface area contributed by atoms with E-state index in [1.807, 2.05) is 23.6 Å². The summed E-state index contributed by atoms with van der Waals surface area (Å²) in [4.78, 5) is 5.69. The first-order chi connectivity index (χ1) is 9.88. The van der Waals surface area contributed by atoms with E-state index in [1.165, 1.54) is 10.4 Å². The molecule has 0 bridgehead atoms. The van der Waals surface area contributed by atoms with Gasteiger partial charge in [-0.1, -0.05) is 11.2 Å². The molecule has 20 heavy (non-hydrogen) atoms. The summed E-state index contributed by atoms with van der Waals surface area (Å²) in [5.74, 6) is 2.27. The van der Waals surface area contributed by atoms with Crippen LogP contribution >= 0.6 is 11.3 Å². The predicted octanol–water partition coefficient (Wildman–Crippen LogP) is 3.32. The predicted molar refractivity (Wildman–Crippen MR) is 76.1 cm³/mol. The van der Waals surface area contributed by atoms with Crippen molar-refractivity contribution in [3.8, 4) is 17.1 Å². The maximum absolute atomic E-state index is 5.50. The topological polar surface area (TPSA) is 48.2 Å². The number of fused-ring (bicyclic) bond motifs is 1. The van der Waals surface area contributed by atoms with Gasteiger partial charge in [0.25, 0.3) is 0 Å². The zero-order chi connectivity index (χ0) is 13.4. The Hall–Kier alpha value is -2.14. The highest BCUT2D eigenvalue weighted by molar-refractivity contribution is 7.09. The van der Waals surface area contributed by atoms with Crippen molar-refractivity contribution in [3.05, 3.63) is 52.0 Å². The molecule has 0 amide bonds. The highest BCUT2D eigenvalue weighted by Crippen LogP contribution is 2.29. The summed E-state index contributed by atoms with van der Waals surface area (Å²) in [6.07, 6.45) is 1.64. The van der Waals surface area contributed by atoms with Crippen LogP contribution in [0.15, 0.2) is 40.2 Å². The number of ether oxygens (including phenoxy) is 1. The van der Waals surface area contributed by atoms with Crippen LogP contribution in [0.4, 0.5) is 0 Å². The van der Waals surface area contributed by atoms with Crippen LogP contribution in [-0.4, -0.2) is 16.7 Å². The number of aromatic nitrogens is 2. The van der Waals surface area contributed by atoms with Gasteiger partial charge in [0.05, 0.1) is 13.0 Å². The molecule has 0 aliphatic carbocycles. The second kappa shape index (κ2) is 4.76.